The van der Waals surface area contributed by atoms with Gasteiger partial charge in [-0.25, -0.2) is 14.6 Å². The number of hydrogen-bond donors (Lipinski definition) is 2. The summed E-state index contributed by atoms with van der Waals surface area (Å²) in [4.78, 5) is 26.0. The maximum absolute atomic E-state index is 11.7. The second-order valence-electron chi connectivity index (χ2n) is 3.22. The zero-order valence-corrected chi connectivity index (χ0v) is 9.68. The monoisotopic (exact) mass is 265 g/mol. The third-order valence-electron chi connectivity index (χ3n) is 2.00. The number of carboxylic acid groups (broad SMARTS) is 1. The Morgan fingerprint density at radius 2 is 1.89 bits per heavy atom. The third-order valence-corrected chi connectivity index (χ3v) is 2.81. The molecule has 1 heterocycles. The van der Waals surface area contributed by atoms with E-state index in [0.717, 1.165) is 11.3 Å². The number of phenols is 1. The Morgan fingerprint density at radius 1 is 1.22 bits per heavy atom. The molecule has 0 fully saturated rings. The number of carbonyl (C=O) groups is 2. The van der Waals surface area contributed by atoms with Gasteiger partial charge in [0, 0.05) is 0 Å². The average Bonchev–Trinajstić information content (AvgIpc) is 2.81. The minimum absolute atomic E-state index is 0.0406. The molecule has 0 aliphatic carbocycles. The molecule has 7 heteroatoms. The summed E-state index contributed by atoms with van der Waals surface area (Å²) < 4.78 is 4.96. The highest BCUT2D eigenvalue weighted by molar-refractivity contribution is 7.12. The van der Waals surface area contributed by atoms with Crippen LogP contribution in [0.25, 0.3) is 0 Å². The van der Waals surface area contributed by atoms with Crippen LogP contribution >= 0.6 is 11.3 Å². The molecule has 0 unspecified atom stereocenters. The first-order valence-corrected chi connectivity index (χ1v) is 5.64. The lowest BCUT2D eigenvalue weighted by Gasteiger charge is -2.02. The predicted molar refractivity (Wildman–Crippen MR) is 62.1 cm³/mol. The third kappa shape index (κ3) is 2.46. The summed E-state index contributed by atoms with van der Waals surface area (Å²) >= 11 is 0.893. The summed E-state index contributed by atoms with van der Waals surface area (Å²) in [6, 6.07) is 5.50. The number of hydrogen-bond acceptors (Lipinski definition) is 6. The summed E-state index contributed by atoms with van der Waals surface area (Å²) in [6.07, 6.45) is 0. The van der Waals surface area contributed by atoms with Crippen molar-refractivity contribution < 1.29 is 24.5 Å². The quantitative estimate of drug-likeness (QED) is 0.648. The zero-order chi connectivity index (χ0) is 13.1. The maximum Gasteiger partial charge on any atom is 0.356 e. The van der Waals surface area contributed by atoms with E-state index in [2.05, 4.69) is 4.98 Å². The van der Waals surface area contributed by atoms with Crippen molar-refractivity contribution in [1.82, 2.24) is 4.98 Å². The lowest BCUT2D eigenvalue weighted by Crippen LogP contribution is -2.12. The Labute approximate surface area is 105 Å². The topological polar surface area (TPSA) is 96.7 Å². The number of nitrogens with zero attached hydrogens (tertiary/aromatic N) is 1. The molecule has 0 saturated carbocycles. The van der Waals surface area contributed by atoms with Crippen LogP contribution in [0.1, 0.15) is 20.2 Å². The van der Waals surface area contributed by atoms with Crippen molar-refractivity contribution in [2.24, 2.45) is 0 Å². The van der Waals surface area contributed by atoms with Gasteiger partial charge in [0.1, 0.15) is 16.4 Å². The van der Waals surface area contributed by atoms with Gasteiger partial charge in [0.2, 0.25) is 0 Å². The molecule has 0 atom stereocenters. The van der Waals surface area contributed by atoms with E-state index in [0.29, 0.717) is 0 Å². The first kappa shape index (κ1) is 12.1. The molecule has 0 amide bonds. The molecule has 0 aliphatic heterocycles. The summed E-state index contributed by atoms with van der Waals surface area (Å²) in [5.41, 5.74) is 0.931. The largest absolute Gasteiger partial charge is 0.508 e. The molecule has 0 spiro atoms. The van der Waals surface area contributed by atoms with E-state index >= 15 is 0 Å². The standard InChI is InChI=1S/C11H7NO5S/c13-6-1-3-7(4-2-6)17-11(16)9-8(10(14)15)12-5-18-9/h1-5,13H,(H,14,15). The molecule has 2 aromatic rings. The van der Waals surface area contributed by atoms with Crippen LogP contribution in [0.4, 0.5) is 0 Å². The number of thiazole rings is 1. The minimum atomic E-state index is -1.28. The number of rotatable bonds is 3. The fourth-order valence-corrected chi connectivity index (χ4v) is 1.86. The summed E-state index contributed by atoms with van der Waals surface area (Å²) in [6.45, 7) is 0. The first-order valence-electron chi connectivity index (χ1n) is 4.76. The van der Waals surface area contributed by atoms with Crippen molar-refractivity contribution in [3.05, 3.63) is 40.3 Å². The molecule has 2 rings (SSSR count). The molecule has 0 saturated heterocycles. The van der Waals surface area contributed by atoms with Crippen LogP contribution in [-0.4, -0.2) is 27.1 Å². The van der Waals surface area contributed by atoms with Gasteiger partial charge in [0.05, 0.1) is 5.51 Å². The van der Waals surface area contributed by atoms with Gasteiger partial charge in [0.15, 0.2) is 5.69 Å². The normalized spacial score (nSPS) is 10.0. The van der Waals surface area contributed by atoms with Gasteiger partial charge >= 0.3 is 11.9 Å². The molecule has 2 N–H and O–H groups in total. The van der Waals surface area contributed by atoms with Crippen LogP contribution in [0.15, 0.2) is 29.8 Å². The number of phenolic OH excluding ortho intramolecular Hbond substituents is 1. The summed E-state index contributed by atoms with van der Waals surface area (Å²) in [7, 11) is 0. The van der Waals surface area contributed by atoms with Gasteiger partial charge in [-0.2, -0.15) is 0 Å². The van der Waals surface area contributed by atoms with Crippen molar-refractivity contribution in [3.63, 3.8) is 0 Å². The van der Waals surface area contributed by atoms with Crippen LogP contribution < -0.4 is 4.74 Å². The second-order valence-corrected chi connectivity index (χ2v) is 4.07. The second kappa shape index (κ2) is 4.84. The Kier molecular flexibility index (Phi) is 3.24. The van der Waals surface area contributed by atoms with Gasteiger partial charge in [0.25, 0.3) is 0 Å². The highest BCUT2D eigenvalue weighted by Crippen LogP contribution is 2.20. The molecule has 6 nitrogen and oxygen atoms in total. The lowest BCUT2D eigenvalue weighted by atomic mass is 10.3. The molecular formula is C11H7NO5S. The number of aromatic carboxylic acids is 1. The molecule has 0 bridgehead atoms. The predicted octanol–water partition coefficient (Wildman–Crippen LogP) is 1.77. The highest BCUT2D eigenvalue weighted by Gasteiger charge is 2.21. The van der Waals surface area contributed by atoms with Crippen molar-refractivity contribution in [2.75, 3.05) is 0 Å². The van der Waals surface area contributed by atoms with Crippen molar-refractivity contribution >= 4 is 23.3 Å². The SMILES string of the molecule is O=C(O)c1ncsc1C(=O)Oc1ccc(O)cc1. The van der Waals surface area contributed by atoms with Crippen molar-refractivity contribution in [2.45, 2.75) is 0 Å². The molecule has 1 aromatic heterocycles. The summed E-state index contributed by atoms with van der Waals surface area (Å²) in [5.74, 6) is -1.82. The number of benzene rings is 1. The van der Waals surface area contributed by atoms with E-state index in [4.69, 9.17) is 14.9 Å². The van der Waals surface area contributed by atoms with E-state index in [1.807, 2.05) is 0 Å². The molecular weight excluding hydrogens is 258 g/mol. The van der Waals surface area contributed by atoms with Gasteiger partial charge < -0.3 is 14.9 Å². The van der Waals surface area contributed by atoms with Gasteiger partial charge in [-0.05, 0) is 24.3 Å². The van der Waals surface area contributed by atoms with E-state index in [1.165, 1.54) is 29.8 Å². The van der Waals surface area contributed by atoms with Crippen molar-refractivity contribution in [1.29, 1.82) is 0 Å². The van der Waals surface area contributed by atoms with Crippen LogP contribution in [0.2, 0.25) is 0 Å². The van der Waals surface area contributed by atoms with Crippen LogP contribution in [0.3, 0.4) is 0 Å². The Hall–Kier alpha value is -2.41. The van der Waals surface area contributed by atoms with Gasteiger partial charge in [-0.3, -0.25) is 0 Å². The number of aromatic nitrogens is 1. The lowest BCUT2D eigenvalue weighted by molar-refractivity contribution is 0.0665. The summed E-state index contributed by atoms with van der Waals surface area (Å²) in [5, 5.41) is 17.9. The van der Waals surface area contributed by atoms with E-state index in [-0.39, 0.29) is 22.1 Å². The first-order chi connectivity index (χ1) is 8.58. The number of aromatic hydroxyl groups is 1. The molecule has 1 aromatic carbocycles. The van der Waals surface area contributed by atoms with Gasteiger partial charge in [-0.15, -0.1) is 11.3 Å². The number of esters is 1. The van der Waals surface area contributed by atoms with Gasteiger partial charge in [-0.1, -0.05) is 0 Å². The Morgan fingerprint density at radius 3 is 2.50 bits per heavy atom. The fraction of sp³-hybridized carbons (Fsp3) is 0. The van der Waals surface area contributed by atoms with E-state index in [1.54, 1.807) is 0 Å². The van der Waals surface area contributed by atoms with E-state index < -0.39 is 11.9 Å². The maximum atomic E-state index is 11.7. The average molecular weight is 265 g/mol. The molecule has 18 heavy (non-hydrogen) atoms. The number of carboxylic acids is 1. The molecule has 0 radical (unpaired) electrons. The smallest absolute Gasteiger partial charge is 0.356 e. The number of carbonyl (C=O) groups excluding carboxylic acids is 1. The molecule has 92 valence electrons. The zero-order valence-electron chi connectivity index (χ0n) is 8.86. The minimum Gasteiger partial charge on any atom is -0.508 e. The van der Waals surface area contributed by atoms with Crippen molar-refractivity contribution in [3.8, 4) is 11.5 Å². The van der Waals surface area contributed by atoms with Crippen LogP contribution in [-0.2, 0) is 0 Å². The Bertz CT molecular complexity index is 590. The molecule has 0 aliphatic rings. The number of ether oxygens (including phenoxy) is 1. The van der Waals surface area contributed by atoms with Crippen LogP contribution in [0.5, 0.6) is 11.5 Å². The van der Waals surface area contributed by atoms with Crippen LogP contribution in [0, 0.1) is 0 Å². The van der Waals surface area contributed by atoms with E-state index in [9.17, 15) is 9.59 Å². The highest BCUT2D eigenvalue weighted by atomic mass is 32.1. The Balaban J connectivity index is 2.19. The fourth-order valence-electron chi connectivity index (χ4n) is 1.21.